The van der Waals surface area contributed by atoms with Crippen LogP contribution in [0.4, 0.5) is 5.82 Å². The number of ether oxygens (including phenoxy) is 1. The summed E-state index contributed by atoms with van der Waals surface area (Å²) in [5.74, 6) is 0.929. The first-order valence-electron chi connectivity index (χ1n) is 10.6. The van der Waals surface area contributed by atoms with Gasteiger partial charge < -0.3 is 15.0 Å². The van der Waals surface area contributed by atoms with Crippen molar-refractivity contribution in [3.05, 3.63) is 22.7 Å². The van der Waals surface area contributed by atoms with Crippen LogP contribution in [0, 0.1) is 0 Å². The van der Waals surface area contributed by atoms with Crippen LogP contribution in [0.3, 0.4) is 0 Å². The quantitative estimate of drug-likeness (QED) is 0.557. The number of aryl methyl sites for hydroxylation is 1. The summed E-state index contributed by atoms with van der Waals surface area (Å²) in [5.41, 5.74) is 2.25. The number of benzene rings is 1. The molecule has 2 N–H and O–H groups in total. The van der Waals surface area contributed by atoms with Crippen molar-refractivity contribution in [3.8, 4) is 0 Å². The highest BCUT2D eigenvalue weighted by Crippen LogP contribution is 2.31. The molecule has 0 saturated carbocycles. The molecule has 0 aliphatic carbocycles. The van der Waals surface area contributed by atoms with Crippen LogP contribution in [0.2, 0.25) is 5.02 Å². The molecule has 0 amide bonds. The average molecular weight is 408 g/mol. The van der Waals surface area contributed by atoms with E-state index >= 15 is 0 Å². The molecule has 6 nitrogen and oxygen atoms in total. The number of nitrogens with one attached hydrogen (secondary N) is 2. The predicted molar refractivity (Wildman–Crippen MR) is 118 cm³/mol. The van der Waals surface area contributed by atoms with Crippen LogP contribution < -0.4 is 5.32 Å². The molecule has 28 heavy (non-hydrogen) atoms. The zero-order valence-electron chi connectivity index (χ0n) is 17.3. The van der Waals surface area contributed by atoms with Gasteiger partial charge in [0.1, 0.15) is 0 Å². The second-order valence-corrected chi connectivity index (χ2v) is 7.79. The van der Waals surface area contributed by atoms with Crippen molar-refractivity contribution in [1.82, 2.24) is 20.0 Å². The van der Waals surface area contributed by atoms with Gasteiger partial charge in [-0.05, 0) is 63.1 Å². The standard InChI is InChI=1S/C21H34ClN5O/c1-3-26(4-2)12-6-10-23-21-20-17(18(22)8-9-19(20)24-25-21)7-5-11-27-13-15-28-16-14-27/h8-9H,3-7,10-16H2,1-2H3,(H2,23,24,25). The van der Waals surface area contributed by atoms with Crippen molar-refractivity contribution in [3.63, 3.8) is 0 Å². The molecule has 156 valence electrons. The Labute approximate surface area is 173 Å². The first-order chi connectivity index (χ1) is 13.7. The SMILES string of the molecule is CCN(CC)CCCNc1n[nH]c2ccc(Cl)c(CCCN3CCOCC3)c12. The summed E-state index contributed by atoms with van der Waals surface area (Å²) in [6, 6.07) is 4.01. The molecule has 0 bridgehead atoms. The van der Waals surface area contributed by atoms with E-state index in [1.165, 1.54) is 5.56 Å². The minimum Gasteiger partial charge on any atom is -0.379 e. The van der Waals surface area contributed by atoms with E-state index in [-0.39, 0.29) is 0 Å². The van der Waals surface area contributed by atoms with E-state index in [9.17, 15) is 0 Å². The minimum atomic E-state index is 0.835. The van der Waals surface area contributed by atoms with Crippen molar-refractivity contribution in [1.29, 1.82) is 0 Å². The highest BCUT2D eigenvalue weighted by Gasteiger charge is 2.15. The Morgan fingerprint density at radius 2 is 2.00 bits per heavy atom. The van der Waals surface area contributed by atoms with Gasteiger partial charge >= 0.3 is 0 Å². The highest BCUT2D eigenvalue weighted by atomic mass is 35.5. The Morgan fingerprint density at radius 3 is 2.75 bits per heavy atom. The Bertz CT molecular complexity index is 725. The Hall–Kier alpha value is -1.34. The Morgan fingerprint density at radius 1 is 1.21 bits per heavy atom. The second kappa shape index (κ2) is 11.0. The summed E-state index contributed by atoms with van der Waals surface area (Å²) in [7, 11) is 0. The lowest BCUT2D eigenvalue weighted by Gasteiger charge is -2.26. The lowest BCUT2D eigenvalue weighted by atomic mass is 10.0. The Balaban J connectivity index is 1.61. The molecule has 1 aromatic carbocycles. The number of halogens is 1. The summed E-state index contributed by atoms with van der Waals surface area (Å²) in [6.45, 7) is 13.5. The number of aromatic amines is 1. The van der Waals surface area contributed by atoms with Crippen molar-refractivity contribution in [2.24, 2.45) is 0 Å². The van der Waals surface area contributed by atoms with E-state index in [1.807, 2.05) is 12.1 Å². The number of rotatable bonds is 11. The molecule has 3 rings (SSSR count). The molecule has 2 aromatic rings. The molecule has 1 aliphatic rings. The number of aromatic nitrogens is 2. The molecule has 7 heteroatoms. The monoisotopic (exact) mass is 407 g/mol. The lowest BCUT2D eigenvalue weighted by Crippen LogP contribution is -2.36. The summed E-state index contributed by atoms with van der Waals surface area (Å²) in [5, 5.41) is 13.2. The van der Waals surface area contributed by atoms with Gasteiger partial charge in [0.15, 0.2) is 5.82 Å². The molecule has 1 aliphatic heterocycles. The predicted octanol–water partition coefficient (Wildman–Crippen LogP) is 3.62. The number of fused-ring (bicyclic) bond motifs is 1. The van der Waals surface area contributed by atoms with E-state index in [1.54, 1.807) is 0 Å². The number of hydrogen-bond acceptors (Lipinski definition) is 5. The van der Waals surface area contributed by atoms with Crippen LogP contribution in [0.15, 0.2) is 12.1 Å². The summed E-state index contributed by atoms with van der Waals surface area (Å²) >= 11 is 6.58. The minimum absolute atomic E-state index is 0.835. The fraction of sp³-hybridized carbons (Fsp3) is 0.667. The molecular formula is C21H34ClN5O. The first-order valence-corrected chi connectivity index (χ1v) is 11.0. The molecule has 0 unspecified atom stereocenters. The normalized spacial score (nSPS) is 15.6. The van der Waals surface area contributed by atoms with Crippen LogP contribution in [-0.2, 0) is 11.2 Å². The number of H-pyrrole nitrogens is 1. The summed E-state index contributed by atoms with van der Waals surface area (Å²) in [6.07, 6.45) is 3.15. The molecule has 1 aromatic heterocycles. The highest BCUT2D eigenvalue weighted by molar-refractivity contribution is 6.32. The zero-order chi connectivity index (χ0) is 19.8. The van der Waals surface area contributed by atoms with Crippen LogP contribution >= 0.6 is 11.6 Å². The summed E-state index contributed by atoms with van der Waals surface area (Å²) in [4.78, 5) is 4.91. The topological polar surface area (TPSA) is 56.4 Å². The fourth-order valence-electron chi connectivity index (χ4n) is 3.88. The maximum atomic E-state index is 6.58. The van der Waals surface area contributed by atoms with Gasteiger partial charge in [-0.2, -0.15) is 5.10 Å². The van der Waals surface area contributed by atoms with Gasteiger partial charge in [0.2, 0.25) is 0 Å². The third-order valence-electron chi connectivity index (χ3n) is 5.62. The van der Waals surface area contributed by atoms with Gasteiger partial charge in [0.25, 0.3) is 0 Å². The van der Waals surface area contributed by atoms with Crippen LogP contribution in [0.25, 0.3) is 10.9 Å². The molecule has 2 heterocycles. The molecule has 0 atom stereocenters. The fourth-order valence-corrected chi connectivity index (χ4v) is 4.14. The van der Waals surface area contributed by atoms with E-state index in [0.29, 0.717) is 0 Å². The molecule has 1 fully saturated rings. The number of morpholine rings is 1. The van der Waals surface area contributed by atoms with Gasteiger partial charge in [-0.1, -0.05) is 25.4 Å². The number of hydrogen-bond donors (Lipinski definition) is 2. The Kier molecular flexibility index (Phi) is 8.40. The van der Waals surface area contributed by atoms with Gasteiger partial charge in [-0.15, -0.1) is 0 Å². The average Bonchev–Trinajstić information content (AvgIpc) is 3.14. The van der Waals surface area contributed by atoms with Gasteiger partial charge in [-0.25, -0.2) is 0 Å². The van der Waals surface area contributed by atoms with E-state index < -0.39 is 0 Å². The molecule has 0 radical (unpaired) electrons. The van der Waals surface area contributed by atoms with E-state index in [0.717, 1.165) is 100 Å². The van der Waals surface area contributed by atoms with Crippen LogP contribution in [0.5, 0.6) is 0 Å². The maximum Gasteiger partial charge on any atom is 0.156 e. The van der Waals surface area contributed by atoms with E-state index in [2.05, 4.69) is 39.2 Å². The summed E-state index contributed by atoms with van der Waals surface area (Å²) < 4.78 is 5.44. The second-order valence-electron chi connectivity index (χ2n) is 7.39. The van der Waals surface area contributed by atoms with Crippen molar-refractivity contribution < 1.29 is 4.74 Å². The number of nitrogens with zero attached hydrogens (tertiary/aromatic N) is 3. The smallest absolute Gasteiger partial charge is 0.156 e. The third-order valence-corrected chi connectivity index (χ3v) is 5.98. The lowest BCUT2D eigenvalue weighted by molar-refractivity contribution is 0.0375. The third kappa shape index (κ3) is 5.60. The van der Waals surface area contributed by atoms with Gasteiger partial charge in [0, 0.05) is 30.0 Å². The largest absolute Gasteiger partial charge is 0.379 e. The van der Waals surface area contributed by atoms with Gasteiger partial charge in [-0.3, -0.25) is 10.00 Å². The molecular weight excluding hydrogens is 374 g/mol. The van der Waals surface area contributed by atoms with Crippen molar-refractivity contribution in [2.45, 2.75) is 33.1 Å². The first kappa shape index (κ1) is 21.4. The number of anilines is 1. The maximum absolute atomic E-state index is 6.58. The van der Waals surface area contributed by atoms with Crippen LogP contribution in [-0.4, -0.2) is 79.0 Å². The van der Waals surface area contributed by atoms with E-state index in [4.69, 9.17) is 16.3 Å². The van der Waals surface area contributed by atoms with Crippen molar-refractivity contribution in [2.75, 3.05) is 64.3 Å². The molecule has 0 spiro atoms. The van der Waals surface area contributed by atoms with Crippen LogP contribution in [0.1, 0.15) is 32.3 Å². The van der Waals surface area contributed by atoms with Crippen molar-refractivity contribution >= 4 is 28.3 Å². The zero-order valence-corrected chi connectivity index (χ0v) is 18.0. The molecule has 1 saturated heterocycles. The van der Waals surface area contributed by atoms with Gasteiger partial charge in [0.05, 0.1) is 18.7 Å².